The second kappa shape index (κ2) is 11.6. The fourth-order valence-electron chi connectivity index (χ4n) is 5.47. The summed E-state index contributed by atoms with van der Waals surface area (Å²) in [7, 11) is 0. The molecule has 162 valence electrons. The highest BCUT2D eigenvalue weighted by Crippen LogP contribution is 2.46. The Bertz CT molecular complexity index is 609. The molecule has 1 aromatic carbocycles. The fraction of sp³-hybridized carbons (Fsp3) is 0.731. The maximum Gasteiger partial charge on any atom is 0.314 e. The minimum Gasteiger partial charge on any atom is -0.494 e. The van der Waals surface area contributed by atoms with Crippen molar-refractivity contribution in [2.24, 2.45) is 23.7 Å². The Balaban J connectivity index is 1.40. The van der Waals surface area contributed by atoms with Crippen molar-refractivity contribution in [2.45, 2.75) is 90.9 Å². The number of benzene rings is 1. The summed E-state index contributed by atoms with van der Waals surface area (Å²) in [6.07, 6.45) is 15.7. The van der Waals surface area contributed by atoms with Crippen molar-refractivity contribution in [3.05, 3.63) is 24.3 Å². The fourth-order valence-corrected chi connectivity index (χ4v) is 5.47. The van der Waals surface area contributed by atoms with Crippen LogP contribution in [0.5, 0.6) is 11.5 Å². The van der Waals surface area contributed by atoms with E-state index in [1.807, 2.05) is 31.2 Å². The highest BCUT2D eigenvalue weighted by molar-refractivity contribution is 5.75. The lowest BCUT2D eigenvalue weighted by Crippen LogP contribution is -2.35. The minimum atomic E-state index is -0.0364. The molecule has 0 saturated heterocycles. The average molecular weight is 401 g/mol. The third-order valence-electron chi connectivity index (χ3n) is 7.12. The lowest BCUT2D eigenvalue weighted by molar-refractivity contribution is -0.141. The molecule has 29 heavy (non-hydrogen) atoms. The van der Waals surface area contributed by atoms with Crippen LogP contribution in [0.2, 0.25) is 0 Å². The summed E-state index contributed by atoms with van der Waals surface area (Å²) in [4.78, 5) is 12.7. The van der Waals surface area contributed by atoms with Crippen molar-refractivity contribution in [1.82, 2.24) is 0 Å². The summed E-state index contributed by atoms with van der Waals surface area (Å²) in [5.74, 6) is 4.00. The van der Waals surface area contributed by atoms with Crippen LogP contribution in [0.3, 0.4) is 0 Å². The van der Waals surface area contributed by atoms with E-state index >= 15 is 0 Å². The summed E-state index contributed by atoms with van der Waals surface area (Å²) in [6, 6.07) is 7.40. The van der Waals surface area contributed by atoms with E-state index in [9.17, 15) is 4.79 Å². The predicted molar refractivity (Wildman–Crippen MR) is 118 cm³/mol. The molecule has 0 bridgehead atoms. The molecule has 4 atom stereocenters. The molecule has 0 aromatic heterocycles. The first-order valence-electron chi connectivity index (χ1n) is 12.1. The zero-order valence-corrected chi connectivity index (χ0v) is 18.5. The van der Waals surface area contributed by atoms with Gasteiger partial charge in [0.05, 0.1) is 12.5 Å². The summed E-state index contributed by atoms with van der Waals surface area (Å²) >= 11 is 0. The van der Waals surface area contributed by atoms with Gasteiger partial charge in [0.15, 0.2) is 0 Å². The van der Waals surface area contributed by atoms with Crippen LogP contribution in [0.15, 0.2) is 24.3 Å². The first-order valence-corrected chi connectivity index (χ1v) is 12.1. The number of rotatable bonds is 10. The summed E-state index contributed by atoms with van der Waals surface area (Å²) in [6.45, 7) is 4.89. The van der Waals surface area contributed by atoms with Crippen molar-refractivity contribution in [3.63, 3.8) is 0 Å². The van der Waals surface area contributed by atoms with E-state index in [1.54, 1.807) is 0 Å². The number of carbonyl (C=O) groups is 1. The Morgan fingerprint density at radius 2 is 1.55 bits per heavy atom. The van der Waals surface area contributed by atoms with Crippen molar-refractivity contribution in [3.8, 4) is 11.5 Å². The van der Waals surface area contributed by atoms with Gasteiger partial charge in [0.2, 0.25) is 0 Å². The third-order valence-corrected chi connectivity index (χ3v) is 7.12. The molecule has 0 radical (unpaired) electrons. The molecule has 3 rings (SSSR count). The molecule has 3 heteroatoms. The molecule has 1 aromatic rings. The maximum atomic E-state index is 12.7. The Kier molecular flexibility index (Phi) is 8.89. The second-order valence-electron chi connectivity index (χ2n) is 9.24. The summed E-state index contributed by atoms with van der Waals surface area (Å²) < 4.78 is 11.1. The van der Waals surface area contributed by atoms with E-state index in [1.165, 1.54) is 64.2 Å². The lowest BCUT2D eigenvalue weighted by atomic mass is 9.64. The zero-order valence-electron chi connectivity index (χ0n) is 18.5. The van der Waals surface area contributed by atoms with Gasteiger partial charge < -0.3 is 9.47 Å². The van der Waals surface area contributed by atoms with Crippen LogP contribution < -0.4 is 9.47 Å². The van der Waals surface area contributed by atoms with Gasteiger partial charge in [-0.2, -0.15) is 0 Å². The number of hydrogen-bond donors (Lipinski definition) is 0. The quantitative estimate of drug-likeness (QED) is 0.237. The first kappa shape index (κ1) is 22.2. The molecule has 0 spiro atoms. The number of hydrogen-bond acceptors (Lipinski definition) is 3. The van der Waals surface area contributed by atoms with Crippen LogP contribution >= 0.6 is 0 Å². The van der Waals surface area contributed by atoms with Crippen molar-refractivity contribution >= 4 is 5.97 Å². The van der Waals surface area contributed by atoms with Crippen LogP contribution in [-0.2, 0) is 4.79 Å². The van der Waals surface area contributed by atoms with Gasteiger partial charge in [0.1, 0.15) is 11.5 Å². The van der Waals surface area contributed by atoms with Gasteiger partial charge in [-0.15, -0.1) is 0 Å². The van der Waals surface area contributed by atoms with E-state index in [0.717, 1.165) is 36.3 Å². The average Bonchev–Trinajstić information content (AvgIpc) is 2.74. The minimum absolute atomic E-state index is 0.0364. The van der Waals surface area contributed by atoms with Gasteiger partial charge >= 0.3 is 5.97 Å². The second-order valence-corrected chi connectivity index (χ2v) is 9.24. The topological polar surface area (TPSA) is 35.5 Å². The molecule has 0 N–H and O–H groups in total. The number of unbranched alkanes of at least 4 members (excludes halogenated alkanes) is 4. The molecule has 2 aliphatic rings. The molecule has 2 fully saturated rings. The molecule has 2 saturated carbocycles. The van der Waals surface area contributed by atoms with E-state index < -0.39 is 0 Å². The summed E-state index contributed by atoms with van der Waals surface area (Å²) in [5.41, 5.74) is 0. The van der Waals surface area contributed by atoms with Gasteiger partial charge in [-0.25, -0.2) is 0 Å². The van der Waals surface area contributed by atoms with E-state index in [2.05, 4.69) is 6.92 Å². The van der Waals surface area contributed by atoms with Crippen molar-refractivity contribution < 1.29 is 14.3 Å². The Hall–Kier alpha value is -1.51. The van der Waals surface area contributed by atoms with E-state index in [-0.39, 0.29) is 11.9 Å². The standard InChI is InChI=1S/C26H40O3/c1-3-5-6-7-8-9-20-10-11-22-19-23(13-12-21(22)18-20)26(27)29-25-16-14-24(15-17-25)28-4-2/h14-17,20-23H,3-13,18-19H2,1-2H3. The van der Waals surface area contributed by atoms with Crippen molar-refractivity contribution in [2.75, 3.05) is 6.61 Å². The van der Waals surface area contributed by atoms with Crippen LogP contribution in [0, 0.1) is 23.7 Å². The first-order chi connectivity index (χ1) is 14.2. The van der Waals surface area contributed by atoms with Crippen LogP contribution in [0.1, 0.15) is 90.9 Å². The Morgan fingerprint density at radius 3 is 2.31 bits per heavy atom. The molecule has 4 unspecified atom stereocenters. The highest BCUT2D eigenvalue weighted by atomic mass is 16.5. The number of esters is 1. The van der Waals surface area contributed by atoms with Crippen LogP contribution in [-0.4, -0.2) is 12.6 Å². The van der Waals surface area contributed by atoms with Gasteiger partial charge in [0, 0.05) is 0 Å². The lowest BCUT2D eigenvalue weighted by Gasteiger charge is -2.41. The highest BCUT2D eigenvalue weighted by Gasteiger charge is 2.38. The largest absolute Gasteiger partial charge is 0.494 e. The van der Waals surface area contributed by atoms with Gasteiger partial charge in [-0.05, 0) is 81.0 Å². The van der Waals surface area contributed by atoms with Gasteiger partial charge in [-0.3, -0.25) is 4.79 Å². The molecule has 2 aliphatic carbocycles. The van der Waals surface area contributed by atoms with E-state index in [4.69, 9.17) is 9.47 Å². The Labute approximate surface area is 177 Å². The van der Waals surface area contributed by atoms with Gasteiger partial charge in [-0.1, -0.05) is 51.9 Å². The monoisotopic (exact) mass is 400 g/mol. The van der Waals surface area contributed by atoms with Crippen LogP contribution in [0.25, 0.3) is 0 Å². The van der Waals surface area contributed by atoms with E-state index in [0.29, 0.717) is 12.4 Å². The molecule has 0 heterocycles. The third kappa shape index (κ3) is 6.76. The zero-order chi connectivity index (χ0) is 20.5. The summed E-state index contributed by atoms with van der Waals surface area (Å²) in [5, 5.41) is 0. The Morgan fingerprint density at radius 1 is 0.862 bits per heavy atom. The van der Waals surface area contributed by atoms with Crippen LogP contribution in [0.4, 0.5) is 0 Å². The normalized spacial score (nSPS) is 26.6. The number of ether oxygens (including phenoxy) is 2. The number of carbonyl (C=O) groups excluding carboxylic acids is 1. The molecule has 0 aliphatic heterocycles. The number of fused-ring (bicyclic) bond motifs is 1. The smallest absolute Gasteiger partial charge is 0.314 e. The molecular weight excluding hydrogens is 360 g/mol. The molecule has 3 nitrogen and oxygen atoms in total. The predicted octanol–water partition coefficient (Wildman–Crippen LogP) is 7.18. The maximum absolute atomic E-state index is 12.7. The van der Waals surface area contributed by atoms with Gasteiger partial charge in [0.25, 0.3) is 0 Å². The van der Waals surface area contributed by atoms with Crippen molar-refractivity contribution in [1.29, 1.82) is 0 Å². The molecule has 0 amide bonds. The molecular formula is C26H40O3. The SMILES string of the molecule is CCCCCCCC1CCC2CC(C(=O)Oc3ccc(OCC)cc3)CCC2C1.